The Morgan fingerprint density at radius 2 is 1.84 bits per heavy atom. The first kappa shape index (κ1) is 24.1. The lowest BCUT2D eigenvalue weighted by Crippen LogP contribution is -2.39. The van der Waals surface area contributed by atoms with Gasteiger partial charge in [0.2, 0.25) is 16.8 Å². The third-order valence-electron chi connectivity index (χ3n) is 7.76. The maximum Gasteiger partial charge on any atom is 0.243 e. The van der Waals surface area contributed by atoms with Gasteiger partial charge in [-0.1, -0.05) is 31.2 Å². The van der Waals surface area contributed by atoms with Crippen molar-refractivity contribution in [2.24, 2.45) is 5.92 Å². The number of fused-ring (bicyclic) bond motifs is 1. The van der Waals surface area contributed by atoms with Crippen molar-refractivity contribution in [3.05, 3.63) is 71.9 Å². The van der Waals surface area contributed by atoms with Gasteiger partial charge in [0.25, 0.3) is 0 Å². The summed E-state index contributed by atoms with van der Waals surface area (Å²) in [4.78, 5) is 18.4. The molecule has 3 aromatic rings. The molecule has 0 bridgehead atoms. The summed E-state index contributed by atoms with van der Waals surface area (Å²) in [7, 11) is -3.51. The Hall–Kier alpha value is -3.23. The first-order chi connectivity index (χ1) is 17.8. The van der Waals surface area contributed by atoms with Gasteiger partial charge in [-0.05, 0) is 73.6 Å². The summed E-state index contributed by atoms with van der Waals surface area (Å²) < 4.78 is 38.7. The molecule has 1 aliphatic carbocycles. The van der Waals surface area contributed by atoms with E-state index < -0.39 is 15.4 Å². The van der Waals surface area contributed by atoms with Gasteiger partial charge >= 0.3 is 0 Å². The van der Waals surface area contributed by atoms with Crippen LogP contribution in [-0.4, -0.2) is 43.4 Å². The van der Waals surface area contributed by atoms with Crippen LogP contribution in [0.2, 0.25) is 0 Å². The van der Waals surface area contributed by atoms with Crippen LogP contribution in [0, 0.1) is 5.92 Å². The van der Waals surface area contributed by atoms with Crippen LogP contribution in [0.3, 0.4) is 0 Å². The van der Waals surface area contributed by atoms with Gasteiger partial charge in [-0.2, -0.15) is 4.31 Å². The number of ether oxygens (including phenoxy) is 2. The average molecular weight is 519 g/mol. The molecule has 0 amide bonds. The number of nitrogens with zero attached hydrogens (tertiary/aromatic N) is 2. The van der Waals surface area contributed by atoms with Crippen LogP contribution >= 0.6 is 0 Å². The number of rotatable bonds is 7. The van der Waals surface area contributed by atoms with E-state index in [1.165, 1.54) is 0 Å². The highest BCUT2D eigenvalue weighted by Crippen LogP contribution is 2.51. The van der Waals surface area contributed by atoms with E-state index >= 15 is 0 Å². The zero-order valence-corrected chi connectivity index (χ0v) is 21.7. The molecule has 37 heavy (non-hydrogen) atoms. The van der Waals surface area contributed by atoms with E-state index in [1.54, 1.807) is 28.6 Å². The van der Waals surface area contributed by atoms with Crippen molar-refractivity contribution in [1.29, 1.82) is 0 Å². The number of carbonyl (C=O) groups excluding carboxylic acids is 1. The second-order valence-corrected chi connectivity index (χ2v) is 12.3. The van der Waals surface area contributed by atoms with Gasteiger partial charge in [0.1, 0.15) is 5.78 Å². The topological polar surface area (TPSA) is 85.8 Å². The highest BCUT2D eigenvalue weighted by molar-refractivity contribution is 7.89. The number of ketones is 1. The van der Waals surface area contributed by atoms with Crippen molar-refractivity contribution in [3.8, 4) is 22.8 Å². The highest BCUT2D eigenvalue weighted by atomic mass is 32.2. The molecule has 0 N–H and O–H groups in total. The third-order valence-corrected chi connectivity index (χ3v) is 9.64. The SMILES string of the molecule is CC1CCCN(S(=O)(=O)c2ccc(-c3cccc(CC(=O)C4(c5ccc6c(c5)OCO6)CC4)n3)cc2)C1. The number of pyridine rings is 1. The summed E-state index contributed by atoms with van der Waals surface area (Å²) >= 11 is 0. The summed E-state index contributed by atoms with van der Waals surface area (Å²) in [6.45, 7) is 3.43. The lowest BCUT2D eigenvalue weighted by Gasteiger charge is -2.30. The van der Waals surface area contributed by atoms with Crippen LogP contribution in [0.5, 0.6) is 11.5 Å². The molecule has 0 spiro atoms. The van der Waals surface area contributed by atoms with Gasteiger partial charge in [-0.15, -0.1) is 0 Å². The number of piperidine rings is 1. The molecule has 1 unspecified atom stereocenters. The molecular formula is C29H30N2O5S. The minimum Gasteiger partial charge on any atom is -0.454 e. The van der Waals surface area contributed by atoms with Crippen molar-refractivity contribution >= 4 is 15.8 Å². The molecule has 3 aliphatic rings. The molecule has 2 fully saturated rings. The van der Waals surface area contributed by atoms with Gasteiger partial charge in [-0.3, -0.25) is 9.78 Å². The molecule has 192 valence electrons. The number of Topliss-reactive ketones (excluding diaryl/α,β-unsaturated/α-hetero) is 1. The fraction of sp³-hybridized carbons (Fsp3) is 0.379. The third kappa shape index (κ3) is 4.53. The maximum absolute atomic E-state index is 13.4. The Morgan fingerprint density at radius 1 is 1.05 bits per heavy atom. The molecule has 3 heterocycles. The first-order valence-corrected chi connectivity index (χ1v) is 14.3. The minimum atomic E-state index is -3.51. The number of hydrogen-bond acceptors (Lipinski definition) is 6. The van der Waals surface area contributed by atoms with E-state index in [-0.39, 0.29) is 19.0 Å². The van der Waals surface area contributed by atoms with Gasteiger partial charge in [0.05, 0.1) is 16.0 Å². The summed E-state index contributed by atoms with van der Waals surface area (Å²) in [5.74, 6) is 1.92. The Labute approximate surface area is 217 Å². The quantitative estimate of drug-likeness (QED) is 0.449. The summed E-state index contributed by atoms with van der Waals surface area (Å²) in [5, 5.41) is 0. The van der Waals surface area contributed by atoms with Crippen molar-refractivity contribution in [3.63, 3.8) is 0 Å². The van der Waals surface area contributed by atoms with E-state index in [0.717, 1.165) is 36.8 Å². The molecule has 2 aliphatic heterocycles. The number of sulfonamides is 1. The largest absolute Gasteiger partial charge is 0.454 e. The van der Waals surface area contributed by atoms with Gasteiger partial charge in [0.15, 0.2) is 11.5 Å². The van der Waals surface area contributed by atoms with Crippen LogP contribution in [0.4, 0.5) is 0 Å². The highest BCUT2D eigenvalue weighted by Gasteiger charge is 2.51. The van der Waals surface area contributed by atoms with E-state index in [2.05, 4.69) is 6.92 Å². The summed E-state index contributed by atoms with van der Waals surface area (Å²) in [5.41, 5.74) is 2.72. The number of benzene rings is 2. The lowest BCUT2D eigenvalue weighted by molar-refractivity contribution is -0.120. The normalized spacial score (nSPS) is 20.5. The molecule has 1 saturated carbocycles. The van der Waals surface area contributed by atoms with Crippen molar-refractivity contribution in [2.45, 2.75) is 49.3 Å². The molecular weight excluding hydrogens is 488 g/mol. The van der Waals surface area contributed by atoms with Gasteiger partial charge in [-0.25, -0.2) is 8.42 Å². The van der Waals surface area contributed by atoms with Crippen molar-refractivity contribution in [1.82, 2.24) is 9.29 Å². The Balaban J connectivity index is 1.18. The molecule has 1 atom stereocenters. The molecule has 7 nitrogen and oxygen atoms in total. The van der Waals surface area contributed by atoms with Crippen LogP contribution < -0.4 is 9.47 Å². The van der Waals surface area contributed by atoms with Crippen LogP contribution in [0.25, 0.3) is 11.3 Å². The summed E-state index contributed by atoms with van der Waals surface area (Å²) in [6, 6.07) is 18.3. The molecule has 2 aromatic carbocycles. The summed E-state index contributed by atoms with van der Waals surface area (Å²) in [6.07, 6.45) is 3.83. The Morgan fingerprint density at radius 3 is 2.59 bits per heavy atom. The van der Waals surface area contributed by atoms with Crippen molar-refractivity contribution < 1.29 is 22.7 Å². The van der Waals surface area contributed by atoms with Crippen molar-refractivity contribution in [2.75, 3.05) is 19.9 Å². The fourth-order valence-electron chi connectivity index (χ4n) is 5.43. The maximum atomic E-state index is 13.4. The standard InChI is InChI=1S/C29H30N2O5S/c1-20-4-3-15-31(18-20)37(33,34)24-10-7-21(8-11-24)25-6-2-5-23(30-25)17-28(32)29(13-14-29)22-9-12-26-27(16-22)36-19-35-26/h2,5-12,16,20H,3-4,13-15,17-19H2,1H3. The van der Waals surface area contributed by atoms with Crippen LogP contribution in [0.15, 0.2) is 65.6 Å². The molecule has 1 aromatic heterocycles. The van der Waals surface area contributed by atoms with Gasteiger partial charge < -0.3 is 9.47 Å². The average Bonchev–Trinajstić information content (AvgIpc) is 3.59. The smallest absolute Gasteiger partial charge is 0.243 e. The van der Waals surface area contributed by atoms with E-state index in [9.17, 15) is 13.2 Å². The van der Waals surface area contributed by atoms with Gasteiger partial charge in [0, 0.05) is 30.8 Å². The predicted molar refractivity (Wildman–Crippen MR) is 139 cm³/mol. The van der Waals surface area contributed by atoms with E-state index in [0.29, 0.717) is 46.8 Å². The predicted octanol–water partition coefficient (Wildman–Crippen LogP) is 4.74. The number of aromatic nitrogens is 1. The molecule has 0 radical (unpaired) electrons. The number of carbonyl (C=O) groups is 1. The zero-order valence-electron chi connectivity index (χ0n) is 20.9. The van der Waals surface area contributed by atoms with E-state index in [1.807, 2.05) is 36.4 Å². The lowest BCUT2D eigenvalue weighted by atomic mass is 9.88. The minimum absolute atomic E-state index is 0.146. The molecule has 6 rings (SSSR count). The number of hydrogen-bond donors (Lipinski definition) is 0. The monoisotopic (exact) mass is 518 g/mol. The first-order valence-electron chi connectivity index (χ1n) is 12.9. The van der Waals surface area contributed by atoms with Crippen LogP contribution in [-0.2, 0) is 26.7 Å². The zero-order chi connectivity index (χ0) is 25.6. The second-order valence-electron chi connectivity index (χ2n) is 10.4. The van der Waals surface area contributed by atoms with E-state index in [4.69, 9.17) is 14.5 Å². The molecule has 1 saturated heterocycles. The van der Waals surface area contributed by atoms with Crippen LogP contribution in [0.1, 0.15) is 43.9 Å². The Bertz CT molecular complexity index is 1450. The molecule has 8 heteroatoms. The Kier molecular flexibility index (Phi) is 6.04. The second kappa shape index (κ2) is 9.26. The fourth-order valence-corrected chi connectivity index (χ4v) is 7.03.